The molecule has 11 aromatic rings. The topological polar surface area (TPSA) is 84.9 Å². The highest BCUT2D eigenvalue weighted by molar-refractivity contribution is 6.13. The largest absolute Gasteiger partial charge is 0.456 e. The van der Waals surface area contributed by atoms with E-state index < -0.39 is 0 Å². The molecule has 7 heteroatoms. The second-order valence-corrected chi connectivity index (χ2v) is 14.6. The Morgan fingerprint density at radius 2 is 1.13 bits per heavy atom. The zero-order valence-corrected chi connectivity index (χ0v) is 31.9. The number of aromatic nitrogens is 4. The second-order valence-electron chi connectivity index (χ2n) is 14.6. The minimum Gasteiger partial charge on any atom is -0.456 e. The molecule has 3 heterocycles. The van der Waals surface area contributed by atoms with E-state index in [0.717, 1.165) is 88.4 Å². The summed E-state index contributed by atoms with van der Waals surface area (Å²) in [6.07, 6.45) is 0. The molecular weight excluding hydrogens is 737 g/mol. The van der Waals surface area contributed by atoms with Gasteiger partial charge in [-0.3, -0.25) is 0 Å². The summed E-state index contributed by atoms with van der Waals surface area (Å²) in [6, 6.07) is 63.1. The van der Waals surface area contributed by atoms with Crippen LogP contribution in [0, 0.1) is 17.9 Å². The predicted molar refractivity (Wildman–Crippen MR) is 240 cm³/mol. The van der Waals surface area contributed by atoms with Crippen molar-refractivity contribution in [3.63, 3.8) is 0 Å². The lowest BCUT2D eigenvalue weighted by atomic mass is 9.96. The number of para-hydroxylation sites is 2. The molecule has 0 unspecified atom stereocenters. The Morgan fingerprint density at radius 1 is 0.483 bits per heavy atom. The fourth-order valence-corrected chi connectivity index (χ4v) is 8.34. The van der Waals surface area contributed by atoms with Gasteiger partial charge >= 0.3 is 0 Å². The van der Waals surface area contributed by atoms with Crippen LogP contribution < -0.4 is 0 Å². The molecule has 0 radical (unpaired) electrons. The van der Waals surface area contributed by atoms with Crippen LogP contribution in [0.15, 0.2) is 186 Å². The van der Waals surface area contributed by atoms with Gasteiger partial charge in [-0.2, -0.15) is 5.26 Å². The molecule has 0 aliphatic heterocycles. The average Bonchev–Trinajstić information content (AvgIpc) is 3.87. The molecule has 0 saturated heterocycles. The summed E-state index contributed by atoms with van der Waals surface area (Å²) in [5, 5.41) is 13.9. The molecule has 0 bridgehead atoms. The van der Waals surface area contributed by atoms with Crippen molar-refractivity contribution in [2.45, 2.75) is 0 Å². The summed E-state index contributed by atoms with van der Waals surface area (Å²) in [7, 11) is 0. The highest BCUT2D eigenvalue weighted by Crippen LogP contribution is 2.42. The molecule has 60 heavy (non-hydrogen) atoms. The van der Waals surface area contributed by atoms with Crippen molar-refractivity contribution in [2.24, 2.45) is 0 Å². The van der Waals surface area contributed by atoms with E-state index in [4.69, 9.17) is 25.9 Å². The molecule has 8 aromatic carbocycles. The van der Waals surface area contributed by atoms with Crippen LogP contribution in [-0.4, -0.2) is 19.5 Å². The summed E-state index contributed by atoms with van der Waals surface area (Å²) in [6.45, 7) is 7.66. The average molecular weight is 767 g/mol. The Balaban J connectivity index is 1.21. The monoisotopic (exact) mass is 766 g/mol. The first-order chi connectivity index (χ1) is 29.6. The van der Waals surface area contributed by atoms with Crippen LogP contribution in [0.5, 0.6) is 0 Å². The number of hydrogen-bond acceptors (Lipinski definition) is 5. The maximum Gasteiger partial charge on any atom is 0.189 e. The van der Waals surface area contributed by atoms with Crippen molar-refractivity contribution >= 4 is 49.4 Å². The highest BCUT2D eigenvalue weighted by atomic mass is 16.3. The maximum absolute atomic E-state index is 9.76. The number of furan rings is 1. The lowest BCUT2D eigenvalue weighted by Crippen LogP contribution is -2.04. The summed E-state index contributed by atoms with van der Waals surface area (Å²) in [4.78, 5) is 19.2. The van der Waals surface area contributed by atoms with E-state index in [0.29, 0.717) is 28.7 Å². The minimum absolute atomic E-state index is 0.428. The van der Waals surface area contributed by atoms with Crippen LogP contribution in [0.4, 0.5) is 5.69 Å². The molecular formula is C53H30N6O. The first-order valence-electron chi connectivity index (χ1n) is 19.5. The van der Waals surface area contributed by atoms with Crippen LogP contribution in [0.2, 0.25) is 0 Å². The number of benzene rings is 8. The van der Waals surface area contributed by atoms with Gasteiger partial charge in [0.15, 0.2) is 23.2 Å². The highest BCUT2D eigenvalue weighted by Gasteiger charge is 2.22. The Morgan fingerprint density at radius 3 is 1.88 bits per heavy atom. The van der Waals surface area contributed by atoms with Crippen molar-refractivity contribution in [3.8, 4) is 68.2 Å². The molecule has 11 rings (SSSR count). The van der Waals surface area contributed by atoms with E-state index in [1.165, 1.54) is 0 Å². The van der Waals surface area contributed by atoms with Crippen LogP contribution in [-0.2, 0) is 0 Å². The predicted octanol–water partition coefficient (Wildman–Crippen LogP) is 13.6. The Kier molecular flexibility index (Phi) is 8.11. The fourth-order valence-electron chi connectivity index (χ4n) is 8.34. The van der Waals surface area contributed by atoms with Crippen LogP contribution in [0.25, 0.3) is 111 Å². The normalized spacial score (nSPS) is 11.3. The first-order valence-corrected chi connectivity index (χ1v) is 19.5. The van der Waals surface area contributed by atoms with Gasteiger partial charge in [0.25, 0.3) is 0 Å². The first kappa shape index (κ1) is 34.6. The van der Waals surface area contributed by atoms with Crippen LogP contribution in [0.1, 0.15) is 5.56 Å². The molecule has 0 N–H and O–H groups in total. The van der Waals surface area contributed by atoms with Crippen LogP contribution >= 0.6 is 0 Å². The lowest BCUT2D eigenvalue weighted by Gasteiger charge is -2.17. The third-order valence-electron chi connectivity index (χ3n) is 11.1. The number of fused-ring (bicyclic) bond motifs is 6. The lowest BCUT2D eigenvalue weighted by molar-refractivity contribution is 0.669. The van der Waals surface area contributed by atoms with Crippen LogP contribution in [0.3, 0.4) is 0 Å². The van der Waals surface area contributed by atoms with Crippen molar-refractivity contribution in [1.29, 1.82) is 5.26 Å². The summed E-state index contributed by atoms with van der Waals surface area (Å²) in [5.74, 6) is 1.68. The van der Waals surface area contributed by atoms with E-state index in [1.807, 2.05) is 103 Å². The van der Waals surface area contributed by atoms with Crippen molar-refractivity contribution in [3.05, 3.63) is 199 Å². The van der Waals surface area contributed by atoms with Gasteiger partial charge in [0, 0.05) is 43.8 Å². The molecule has 0 amide bonds. The number of hydrogen-bond donors (Lipinski definition) is 0. The van der Waals surface area contributed by atoms with Gasteiger partial charge in [-0.15, -0.1) is 0 Å². The van der Waals surface area contributed by atoms with Gasteiger partial charge in [-0.1, -0.05) is 121 Å². The van der Waals surface area contributed by atoms with Gasteiger partial charge in [-0.25, -0.2) is 19.8 Å². The minimum atomic E-state index is 0.428. The molecule has 0 aliphatic carbocycles. The van der Waals surface area contributed by atoms with E-state index in [2.05, 4.69) is 88.3 Å². The third kappa shape index (κ3) is 5.77. The summed E-state index contributed by atoms with van der Waals surface area (Å²) >= 11 is 0. The molecule has 278 valence electrons. The molecule has 0 saturated carbocycles. The SMILES string of the molecule is [C-]#[N+]c1cc(C#N)cc(-c2ccc3c(c2)c2ccccc2n3-c2ccc(-c3cccc4oc5ccccc5c34)cc2-c2nc(-c3ccccc3)nc(-c3ccccc3)n2)c1. The van der Waals surface area contributed by atoms with E-state index >= 15 is 0 Å². The summed E-state index contributed by atoms with van der Waals surface area (Å²) < 4.78 is 8.62. The fraction of sp³-hybridized carbons (Fsp3) is 0. The van der Waals surface area contributed by atoms with Gasteiger partial charge in [0.2, 0.25) is 0 Å². The number of nitrogens with zero attached hydrogens (tertiary/aromatic N) is 6. The molecule has 0 fully saturated rings. The van der Waals surface area contributed by atoms with Gasteiger partial charge in [0.05, 0.1) is 29.4 Å². The molecule has 3 aromatic heterocycles. The number of rotatable bonds is 6. The van der Waals surface area contributed by atoms with Crippen molar-refractivity contribution in [1.82, 2.24) is 19.5 Å². The molecule has 0 atom stereocenters. The van der Waals surface area contributed by atoms with Gasteiger partial charge in [0.1, 0.15) is 11.2 Å². The zero-order chi connectivity index (χ0) is 40.2. The maximum atomic E-state index is 9.76. The van der Waals surface area contributed by atoms with E-state index in [1.54, 1.807) is 6.07 Å². The third-order valence-corrected chi connectivity index (χ3v) is 11.1. The zero-order valence-electron chi connectivity index (χ0n) is 31.9. The molecule has 0 aliphatic rings. The Labute approximate surface area is 344 Å². The van der Waals surface area contributed by atoms with Gasteiger partial charge < -0.3 is 8.98 Å². The quantitative estimate of drug-likeness (QED) is 0.157. The van der Waals surface area contributed by atoms with Gasteiger partial charge in [-0.05, 0) is 82.9 Å². The number of nitriles is 1. The molecule has 0 spiro atoms. The van der Waals surface area contributed by atoms with E-state index in [9.17, 15) is 5.26 Å². The second kappa shape index (κ2) is 14.1. The Hall–Kier alpha value is -8.65. The van der Waals surface area contributed by atoms with Crippen molar-refractivity contribution in [2.75, 3.05) is 0 Å². The summed E-state index contributed by atoms with van der Waals surface area (Å²) in [5.41, 5.74) is 11.8. The Bertz CT molecular complexity index is 3480. The van der Waals surface area contributed by atoms with E-state index in [-0.39, 0.29) is 0 Å². The molecule has 7 nitrogen and oxygen atoms in total. The smallest absolute Gasteiger partial charge is 0.189 e. The standard InChI is InChI=1S/C53H30N6O/c1-55-39-28-33(32-54)27-38(29-39)36-23-25-46-43(30-36)41-17-8-10-20-45(41)59(46)47-26-24-37(40-19-12-22-49-50(40)42-18-9-11-21-48(42)60-49)31-44(47)53-57-51(34-13-4-2-5-14-34)56-52(58-53)35-15-6-3-7-16-35/h2-31H. The van der Waals surface area contributed by atoms with Crippen molar-refractivity contribution < 1.29 is 4.42 Å².